The van der Waals surface area contributed by atoms with Crippen molar-refractivity contribution in [2.24, 2.45) is 0 Å². The molecule has 0 heterocycles. The highest BCUT2D eigenvalue weighted by molar-refractivity contribution is 6.24. The lowest BCUT2D eigenvalue weighted by atomic mass is 9.89. The molecule has 0 bridgehead atoms. The molecule has 0 aliphatic carbocycles. The Morgan fingerprint density at radius 1 is 0.476 bits per heavy atom. The van der Waals surface area contributed by atoms with Crippen molar-refractivity contribution in [3.05, 3.63) is 118 Å². The number of phenolic OH excluding ortho intramolecular Hbond substituents is 2. The fourth-order valence-electron chi connectivity index (χ4n) is 5.19. The monoisotopic (exact) mass is 564 g/mol. The van der Waals surface area contributed by atoms with Crippen molar-refractivity contribution in [2.75, 3.05) is 36.0 Å². The van der Waals surface area contributed by atoms with Gasteiger partial charge in [-0.25, -0.2) is 0 Å². The van der Waals surface area contributed by atoms with Gasteiger partial charge in [0.05, 0.1) is 11.1 Å². The molecule has 0 saturated carbocycles. The third kappa shape index (κ3) is 5.91. The average molecular weight is 565 g/mol. The Balaban J connectivity index is 1.71. The van der Waals surface area contributed by atoms with Gasteiger partial charge in [-0.2, -0.15) is 0 Å². The van der Waals surface area contributed by atoms with Gasteiger partial charge in [0, 0.05) is 71.9 Å². The summed E-state index contributed by atoms with van der Waals surface area (Å²) in [6.07, 6.45) is 0. The highest BCUT2D eigenvalue weighted by Gasteiger charge is 2.26. The van der Waals surface area contributed by atoms with Crippen LogP contribution in [0.4, 0.5) is 11.4 Å². The van der Waals surface area contributed by atoms with Crippen LogP contribution in [0.1, 0.15) is 75.5 Å². The molecule has 4 aromatic carbocycles. The van der Waals surface area contributed by atoms with E-state index >= 15 is 0 Å². The first-order valence-corrected chi connectivity index (χ1v) is 14.2. The maximum Gasteiger partial charge on any atom is 0.197 e. The zero-order valence-corrected chi connectivity index (χ0v) is 24.4. The van der Waals surface area contributed by atoms with Gasteiger partial charge >= 0.3 is 0 Å². The lowest BCUT2D eigenvalue weighted by Gasteiger charge is -2.21. The fourth-order valence-corrected chi connectivity index (χ4v) is 5.19. The SMILES string of the molecule is CCN(CC)c1ccc(C(=O)c2ccccc2C(=O)c2ccccc2C(=O)c2ccc(N(CC)CC)cc2O)c(O)c1. The highest BCUT2D eigenvalue weighted by atomic mass is 16.3. The molecular weight excluding hydrogens is 528 g/mol. The first-order chi connectivity index (χ1) is 20.2. The number of hydrogen-bond acceptors (Lipinski definition) is 7. The molecule has 0 spiro atoms. The molecule has 2 N–H and O–H groups in total. The van der Waals surface area contributed by atoms with Crippen molar-refractivity contribution in [3.63, 3.8) is 0 Å². The van der Waals surface area contributed by atoms with Gasteiger partial charge in [0.25, 0.3) is 0 Å². The van der Waals surface area contributed by atoms with Crippen LogP contribution in [0.25, 0.3) is 0 Å². The van der Waals surface area contributed by atoms with Crippen molar-refractivity contribution in [2.45, 2.75) is 27.7 Å². The number of ketones is 3. The standard InChI is InChI=1S/C35H36N2O5/c1-5-36(6-2)23-17-19-29(31(38)21-23)34(41)27-15-11-9-13-25(27)33(40)26-14-10-12-16-28(26)35(42)30-20-18-24(22-32(30)39)37(7-3)8-4/h9-22,38-39H,5-8H2,1-4H3. The smallest absolute Gasteiger partial charge is 0.197 e. The van der Waals surface area contributed by atoms with Crippen LogP contribution < -0.4 is 9.80 Å². The molecule has 0 fully saturated rings. The second kappa shape index (κ2) is 13.2. The molecule has 0 aliphatic rings. The van der Waals surface area contributed by atoms with Crippen molar-refractivity contribution < 1.29 is 24.6 Å². The van der Waals surface area contributed by atoms with Crippen molar-refractivity contribution in [1.82, 2.24) is 0 Å². The van der Waals surface area contributed by atoms with E-state index in [2.05, 4.69) is 0 Å². The molecule has 7 nitrogen and oxygen atoms in total. The van der Waals surface area contributed by atoms with Gasteiger partial charge in [-0.05, 0) is 52.0 Å². The maximum atomic E-state index is 13.9. The molecule has 0 aliphatic heterocycles. The second-order valence-electron chi connectivity index (χ2n) is 9.83. The molecule has 4 rings (SSSR count). The number of carbonyl (C=O) groups excluding carboxylic acids is 3. The Morgan fingerprint density at radius 3 is 1.02 bits per heavy atom. The number of anilines is 2. The zero-order valence-electron chi connectivity index (χ0n) is 24.4. The molecule has 0 aromatic heterocycles. The maximum absolute atomic E-state index is 13.9. The van der Waals surface area contributed by atoms with E-state index in [0.29, 0.717) is 0 Å². The van der Waals surface area contributed by atoms with Crippen LogP contribution in [0.3, 0.4) is 0 Å². The predicted molar refractivity (Wildman–Crippen MR) is 167 cm³/mol. The van der Waals surface area contributed by atoms with E-state index in [0.717, 1.165) is 37.6 Å². The number of hydrogen-bond donors (Lipinski definition) is 2. The Bertz CT molecular complexity index is 1500. The third-order valence-electron chi connectivity index (χ3n) is 7.54. The Hall–Kier alpha value is -4.91. The van der Waals surface area contributed by atoms with E-state index < -0.39 is 17.3 Å². The second-order valence-corrected chi connectivity index (χ2v) is 9.83. The molecule has 0 unspecified atom stereocenters. The average Bonchev–Trinajstić information content (AvgIpc) is 3.01. The highest BCUT2D eigenvalue weighted by Crippen LogP contribution is 2.31. The van der Waals surface area contributed by atoms with Crippen LogP contribution in [0.5, 0.6) is 11.5 Å². The molecule has 4 aromatic rings. The van der Waals surface area contributed by atoms with Crippen LogP contribution in [0.2, 0.25) is 0 Å². The quantitative estimate of drug-likeness (QED) is 0.190. The fraction of sp³-hybridized carbons (Fsp3) is 0.229. The van der Waals surface area contributed by atoms with Gasteiger partial charge in [-0.15, -0.1) is 0 Å². The number of carbonyl (C=O) groups is 3. The van der Waals surface area contributed by atoms with Gasteiger partial charge < -0.3 is 20.0 Å². The molecule has 0 radical (unpaired) electrons. The van der Waals surface area contributed by atoms with E-state index in [1.54, 1.807) is 60.7 Å². The van der Waals surface area contributed by atoms with Crippen molar-refractivity contribution >= 4 is 28.7 Å². The molecule has 0 saturated heterocycles. The zero-order chi connectivity index (χ0) is 30.4. The molecule has 0 atom stereocenters. The minimum atomic E-state index is -0.513. The van der Waals surface area contributed by atoms with Crippen molar-refractivity contribution in [3.8, 4) is 11.5 Å². The van der Waals surface area contributed by atoms with Crippen LogP contribution in [0, 0.1) is 0 Å². The Labute approximate surface area is 246 Å². The summed E-state index contributed by atoms with van der Waals surface area (Å²) in [6.45, 7) is 11.0. The van der Waals surface area contributed by atoms with Crippen LogP contribution in [0.15, 0.2) is 84.9 Å². The number of aromatic hydroxyl groups is 2. The lowest BCUT2D eigenvalue weighted by Crippen LogP contribution is -2.22. The normalized spacial score (nSPS) is 10.8. The van der Waals surface area contributed by atoms with Crippen LogP contribution in [-0.4, -0.2) is 53.7 Å². The summed E-state index contributed by atoms with van der Waals surface area (Å²) in [7, 11) is 0. The molecule has 216 valence electrons. The summed E-state index contributed by atoms with van der Waals surface area (Å²) in [4.78, 5) is 45.3. The van der Waals surface area contributed by atoms with E-state index in [-0.39, 0.29) is 44.9 Å². The van der Waals surface area contributed by atoms with Gasteiger partial charge in [0.1, 0.15) is 11.5 Å². The summed E-state index contributed by atoms with van der Waals surface area (Å²) in [5.74, 6) is -1.87. The van der Waals surface area contributed by atoms with Crippen LogP contribution >= 0.6 is 0 Å². The number of nitrogens with zero attached hydrogens (tertiary/aromatic N) is 2. The lowest BCUT2D eigenvalue weighted by molar-refractivity contribution is 0.0992. The van der Waals surface area contributed by atoms with Gasteiger partial charge in [-0.3, -0.25) is 14.4 Å². The number of benzene rings is 4. The van der Waals surface area contributed by atoms with E-state index in [9.17, 15) is 24.6 Å². The van der Waals surface area contributed by atoms with Gasteiger partial charge in [0.15, 0.2) is 17.3 Å². The predicted octanol–water partition coefficient (Wildman–Crippen LogP) is 6.48. The topological polar surface area (TPSA) is 98.2 Å². The van der Waals surface area contributed by atoms with E-state index in [4.69, 9.17) is 0 Å². The Kier molecular flexibility index (Phi) is 9.42. The van der Waals surface area contributed by atoms with E-state index in [1.807, 2.05) is 37.5 Å². The number of rotatable bonds is 12. The summed E-state index contributed by atoms with van der Waals surface area (Å²) < 4.78 is 0. The third-order valence-corrected chi connectivity index (χ3v) is 7.54. The Morgan fingerprint density at radius 2 is 0.762 bits per heavy atom. The number of phenols is 2. The molecule has 42 heavy (non-hydrogen) atoms. The van der Waals surface area contributed by atoms with Gasteiger partial charge in [0.2, 0.25) is 0 Å². The minimum absolute atomic E-state index is 0.0775. The minimum Gasteiger partial charge on any atom is -0.507 e. The summed E-state index contributed by atoms with van der Waals surface area (Å²) in [6, 6.07) is 22.5. The first kappa shape index (κ1) is 30.1. The molecular formula is C35H36N2O5. The largest absolute Gasteiger partial charge is 0.507 e. The van der Waals surface area contributed by atoms with Gasteiger partial charge in [-0.1, -0.05) is 48.5 Å². The summed E-state index contributed by atoms with van der Waals surface area (Å²) in [5.41, 5.74) is 2.18. The van der Waals surface area contributed by atoms with E-state index in [1.165, 1.54) is 24.3 Å². The summed E-state index contributed by atoms with van der Waals surface area (Å²) >= 11 is 0. The molecule has 7 heteroatoms. The van der Waals surface area contributed by atoms with Crippen molar-refractivity contribution in [1.29, 1.82) is 0 Å². The molecule has 0 amide bonds. The summed E-state index contributed by atoms with van der Waals surface area (Å²) in [5, 5.41) is 21.5. The van der Waals surface area contributed by atoms with Crippen LogP contribution in [-0.2, 0) is 0 Å². The first-order valence-electron chi connectivity index (χ1n) is 14.2.